The monoisotopic (exact) mass is 1540 g/mol. The fourth-order valence-electron chi connectivity index (χ4n) is 9.73. The summed E-state index contributed by atoms with van der Waals surface area (Å²) in [5.41, 5.74) is 0. The summed E-state index contributed by atoms with van der Waals surface area (Å²) in [6.45, 7) is 4.24. The van der Waals surface area contributed by atoms with Gasteiger partial charge in [0.1, 0.15) is 19.3 Å². The smallest absolute Gasteiger partial charge is 0.462 e. The van der Waals surface area contributed by atoms with Gasteiger partial charge in [0.2, 0.25) is 0 Å². The summed E-state index contributed by atoms with van der Waals surface area (Å²) in [7, 11) is -10.0. The number of carbonyl (C=O) groups is 4. The van der Waals surface area contributed by atoms with Gasteiger partial charge in [-0.2, -0.15) is 0 Å². The number of unbranched alkanes of at least 4 members (excludes halogenated alkanes) is 13. The first-order valence-corrected chi connectivity index (χ1v) is 43.3. The fourth-order valence-corrected chi connectivity index (χ4v) is 11.3. The van der Waals surface area contributed by atoms with Gasteiger partial charge in [0.15, 0.2) is 12.2 Å². The van der Waals surface area contributed by atoms with Crippen LogP contribution in [0.5, 0.6) is 0 Å². The van der Waals surface area contributed by atoms with E-state index in [0.29, 0.717) is 38.5 Å². The molecule has 17 nitrogen and oxygen atoms in total. The van der Waals surface area contributed by atoms with Gasteiger partial charge in [-0.05, 0) is 161 Å². The van der Waals surface area contributed by atoms with Crippen molar-refractivity contribution in [1.29, 1.82) is 0 Å². The zero-order valence-electron chi connectivity index (χ0n) is 66.4. The molecule has 108 heavy (non-hydrogen) atoms. The number of aliphatic hydroxyl groups excluding tert-OH is 1. The number of allylic oxidation sites excluding steroid dienone is 34. The highest BCUT2D eigenvalue weighted by atomic mass is 31.2. The third-order valence-electron chi connectivity index (χ3n) is 15.7. The van der Waals surface area contributed by atoms with Crippen LogP contribution in [0.4, 0.5) is 0 Å². The van der Waals surface area contributed by atoms with Crippen LogP contribution in [-0.2, 0) is 65.4 Å². The number of aliphatic hydroxyl groups is 1. The highest BCUT2D eigenvalue weighted by molar-refractivity contribution is 7.47. The van der Waals surface area contributed by atoms with Gasteiger partial charge in [0, 0.05) is 25.7 Å². The minimum Gasteiger partial charge on any atom is -0.462 e. The second-order valence-corrected chi connectivity index (χ2v) is 28.8. The van der Waals surface area contributed by atoms with Crippen LogP contribution < -0.4 is 0 Å². The Hall–Kier alpha value is -6.36. The summed E-state index contributed by atoms with van der Waals surface area (Å²) in [4.78, 5) is 73.0. The number of hydrogen-bond acceptors (Lipinski definition) is 15. The molecule has 5 unspecified atom stereocenters. The predicted molar refractivity (Wildman–Crippen MR) is 445 cm³/mol. The first kappa shape index (κ1) is 102. The lowest BCUT2D eigenvalue weighted by Crippen LogP contribution is -2.30. The van der Waals surface area contributed by atoms with Crippen molar-refractivity contribution in [3.63, 3.8) is 0 Å². The van der Waals surface area contributed by atoms with E-state index in [0.717, 1.165) is 180 Å². The van der Waals surface area contributed by atoms with Crippen LogP contribution in [-0.4, -0.2) is 96.7 Å². The molecule has 0 aromatic rings. The van der Waals surface area contributed by atoms with Gasteiger partial charge >= 0.3 is 39.5 Å². The molecule has 0 spiro atoms. The largest absolute Gasteiger partial charge is 0.472 e. The molecule has 0 aliphatic rings. The van der Waals surface area contributed by atoms with Crippen LogP contribution in [0.3, 0.4) is 0 Å². The van der Waals surface area contributed by atoms with E-state index in [1.165, 1.54) is 0 Å². The quantitative estimate of drug-likeness (QED) is 0.0169. The third-order valence-corrected chi connectivity index (χ3v) is 17.6. The zero-order valence-corrected chi connectivity index (χ0v) is 68.2. The van der Waals surface area contributed by atoms with Crippen molar-refractivity contribution in [2.75, 3.05) is 39.6 Å². The molecule has 0 aliphatic carbocycles. The number of phosphoric ester groups is 2. The Morgan fingerprint density at radius 1 is 0.269 bits per heavy atom. The van der Waals surface area contributed by atoms with Crippen molar-refractivity contribution < 1.29 is 80.2 Å². The lowest BCUT2D eigenvalue weighted by molar-refractivity contribution is -0.161. The number of esters is 4. The molecule has 608 valence electrons. The van der Waals surface area contributed by atoms with E-state index in [-0.39, 0.29) is 25.7 Å². The van der Waals surface area contributed by atoms with Gasteiger partial charge in [0.05, 0.1) is 26.4 Å². The zero-order chi connectivity index (χ0) is 78.9. The number of rotatable bonds is 73. The second kappa shape index (κ2) is 78.8. The van der Waals surface area contributed by atoms with E-state index >= 15 is 0 Å². The van der Waals surface area contributed by atoms with Gasteiger partial charge < -0.3 is 33.8 Å². The Morgan fingerprint density at radius 3 is 0.778 bits per heavy atom. The molecule has 0 amide bonds. The molecule has 0 aliphatic heterocycles. The molecule has 0 aromatic heterocycles. The fraction of sp³-hybridized carbons (Fsp3) is 0.573. The van der Waals surface area contributed by atoms with E-state index in [9.17, 15) is 43.2 Å². The maximum atomic E-state index is 13.1. The molecular formula is C89H140O17P2. The van der Waals surface area contributed by atoms with Crippen LogP contribution in [0, 0.1) is 0 Å². The Bertz CT molecular complexity index is 2860. The van der Waals surface area contributed by atoms with Gasteiger partial charge in [-0.25, -0.2) is 9.13 Å². The molecule has 0 rings (SSSR count). The molecule has 3 N–H and O–H groups in total. The van der Waals surface area contributed by atoms with Crippen molar-refractivity contribution in [2.45, 2.75) is 290 Å². The first-order chi connectivity index (χ1) is 52.7. The number of ether oxygens (including phenoxy) is 4. The topological polar surface area (TPSA) is 237 Å². The predicted octanol–water partition coefficient (Wildman–Crippen LogP) is 23.9. The third kappa shape index (κ3) is 77.8. The van der Waals surface area contributed by atoms with Crippen molar-refractivity contribution in [3.8, 4) is 0 Å². The van der Waals surface area contributed by atoms with Gasteiger partial charge in [-0.15, -0.1) is 0 Å². The molecule has 0 fully saturated rings. The first-order valence-electron chi connectivity index (χ1n) is 40.3. The minimum atomic E-state index is -5.02. The van der Waals surface area contributed by atoms with Crippen LogP contribution in [0.2, 0.25) is 0 Å². The van der Waals surface area contributed by atoms with Crippen molar-refractivity contribution >= 4 is 39.5 Å². The van der Waals surface area contributed by atoms with E-state index in [4.69, 9.17) is 37.0 Å². The van der Waals surface area contributed by atoms with E-state index < -0.39 is 97.5 Å². The van der Waals surface area contributed by atoms with Gasteiger partial charge in [0.25, 0.3) is 0 Å². The Balaban J connectivity index is 5.52. The van der Waals surface area contributed by atoms with Crippen LogP contribution in [0.1, 0.15) is 272 Å². The van der Waals surface area contributed by atoms with Gasteiger partial charge in [-0.3, -0.25) is 37.3 Å². The number of phosphoric acid groups is 2. The maximum absolute atomic E-state index is 13.1. The molecule has 5 atom stereocenters. The molecule has 19 heteroatoms. The summed E-state index contributed by atoms with van der Waals surface area (Å²) >= 11 is 0. The molecule has 0 radical (unpaired) electrons. The summed E-state index contributed by atoms with van der Waals surface area (Å²) in [5.74, 6) is -2.42. The molecule has 0 saturated heterocycles. The highest BCUT2D eigenvalue weighted by Crippen LogP contribution is 2.45. The van der Waals surface area contributed by atoms with Crippen LogP contribution in [0.15, 0.2) is 207 Å². The van der Waals surface area contributed by atoms with Gasteiger partial charge in [-0.1, -0.05) is 292 Å². The molecule has 0 heterocycles. The molecular weight excluding hydrogens is 1400 g/mol. The SMILES string of the molecule is CC/C=C\C/C=C\C/C=C\C/C=C\C/C=C\C/C=C\CCC(=O)OCC(COP(=O)(O)OCC(O)COP(=O)(O)OCC(COC(=O)CC/C=C\C/C=C\C/C=C\C/C=C\C/C=C\C/C=C\CC)OC(=O)CCCCCCCCC/C=C\C/C=C\C/C=C\CC)OC(=O)CCCCCCC/C=C\C/C=C\CCC. The normalized spacial score (nSPS) is 14.9. The Morgan fingerprint density at radius 2 is 0.500 bits per heavy atom. The van der Waals surface area contributed by atoms with E-state index in [1.807, 2.05) is 36.5 Å². The van der Waals surface area contributed by atoms with Crippen molar-refractivity contribution in [3.05, 3.63) is 207 Å². The number of hydrogen-bond donors (Lipinski definition) is 3. The standard InChI is InChI=1S/C89H140O17P2/c1-5-9-13-17-21-25-29-33-36-39-41-44-46-50-53-57-61-65-69-73-86(91)99-79-84(105-88(93)75-71-67-63-59-55-49-32-28-24-20-16-12-8-4)81-103-107(95,96)101-77-83(90)78-102-108(97,98)104-82-85(106-89(94)76-72-68-64-60-56-52-48-43-38-35-31-27-23-19-15-11-7-3)80-100-87(92)74-70-66-62-58-54-51-47-45-42-40-37-34-30-26-22-18-14-10-6-2/h9-11,13-16,20-23,25-28,32-38,41-42,44-45,50-51,53-54,61-62,65-66,83-85,90H,5-8,12,17-19,24,29-31,39-40,43,46-49,52,55-60,63-64,67-82H2,1-4H3,(H,95,96)(H,97,98)/b13-9-,14-10-,15-11-,20-16-,25-21-,26-22-,27-23-,32-28-,36-33-,37-34-,38-35-,44-41-,45-42-,53-50-,54-51-,65-61-,66-62-. The summed E-state index contributed by atoms with van der Waals surface area (Å²) in [6.07, 6.45) is 98.4. The number of carbonyl (C=O) groups excluding carboxylic acids is 4. The Labute approximate surface area is 652 Å². The van der Waals surface area contributed by atoms with Crippen molar-refractivity contribution in [1.82, 2.24) is 0 Å². The molecule has 0 saturated carbocycles. The molecule has 0 bridgehead atoms. The minimum absolute atomic E-state index is 0.0237. The second-order valence-electron chi connectivity index (χ2n) is 25.9. The van der Waals surface area contributed by atoms with Crippen LogP contribution >= 0.6 is 15.6 Å². The average molecular weight is 1540 g/mol. The van der Waals surface area contributed by atoms with E-state index in [2.05, 4.69) is 198 Å². The maximum Gasteiger partial charge on any atom is 0.472 e. The Kier molecular flexibility index (Phi) is 74.1. The summed E-state index contributed by atoms with van der Waals surface area (Å²) < 4.78 is 68.5. The van der Waals surface area contributed by atoms with Crippen LogP contribution in [0.25, 0.3) is 0 Å². The highest BCUT2D eigenvalue weighted by Gasteiger charge is 2.30. The lowest BCUT2D eigenvalue weighted by Gasteiger charge is -2.21. The average Bonchev–Trinajstić information content (AvgIpc) is 0.916. The molecule has 0 aromatic carbocycles. The van der Waals surface area contributed by atoms with E-state index in [1.54, 1.807) is 0 Å². The summed E-state index contributed by atoms with van der Waals surface area (Å²) in [6, 6.07) is 0. The summed E-state index contributed by atoms with van der Waals surface area (Å²) in [5, 5.41) is 10.6. The lowest BCUT2D eigenvalue weighted by atomic mass is 10.1. The van der Waals surface area contributed by atoms with Crippen molar-refractivity contribution in [2.24, 2.45) is 0 Å².